The highest BCUT2D eigenvalue weighted by atomic mass is 15.1. The molecule has 0 bridgehead atoms. The van der Waals surface area contributed by atoms with E-state index in [9.17, 15) is 0 Å². The summed E-state index contributed by atoms with van der Waals surface area (Å²) in [5, 5.41) is 8.99. The van der Waals surface area contributed by atoms with Gasteiger partial charge < -0.3 is 0 Å². The van der Waals surface area contributed by atoms with Gasteiger partial charge in [-0.3, -0.25) is 4.98 Å². The smallest absolute Gasteiger partial charge is 0.114 e. The number of pyridine rings is 1. The van der Waals surface area contributed by atoms with E-state index in [0.29, 0.717) is 0 Å². The molecule has 2 rings (SSSR count). The van der Waals surface area contributed by atoms with Crippen LogP contribution in [-0.4, -0.2) is 15.2 Å². The first-order chi connectivity index (χ1) is 6.79. The van der Waals surface area contributed by atoms with Crippen molar-refractivity contribution in [2.24, 2.45) is 0 Å². The van der Waals surface area contributed by atoms with Gasteiger partial charge in [0.15, 0.2) is 0 Å². The van der Waals surface area contributed by atoms with Crippen molar-refractivity contribution in [2.45, 2.75) is 27.7 Å². The Hall–Kier alpha value is -1.51. The van der Waals surface area contributed by atoms with Gasteiger partial charge >= 0.3 is 0 Å². The summed E-state index contributed by atoms with van der Waals surface area (Å²) >= 11 is 0. The Morgan fingerprint density at radius 3 is 2.50 bits per heavy atom. The lowest BCUT2D eigenvalue weighted by Gasteiger charge is -2.00. The minimum Gasteiger partial charge on any atom is -0.259 e. The van der Waals surface area contributed by atoms with Gasteiger partial charge in [0.05, 0.1) is 11.9 Å². The lowest BCUT2D eigenvalue weighted by atomic mass is 10.1. The molecule has 0 spiro atoms. The van der Waals surface area contributed by atoms with Gasteiger partial charge in [-0.1, -0.05) is 13.8 Å². The molecule has 0 aliphatic carbocycles. The molecule has 3 heteroatoms. The predicted octanol–water partition coefficient (Wildman–Crippen LogP) is 2.67. The highest BCUT2D eigenvalue weighted by Crippen LogP contribution is 2.15. The molecule has 2 heterocycles. The van der Waals surface area contributed by atoms with E-state index < -0.39 is 0 Å². The number of rotatable bonds is 0. The van der Waals surface area contributed by atoms with E-state index in [2.05, 4.69) is 15.2 Å². The van der Waals surface area contributed by atoms with Crippen LogP contribution in [0.3, 0.4) is 0 Å². The van der Waals surface area contributed by atoms with E-state index in [1.54, 1.807) is 6.20 Å². The Labute approximate surface area is 84.2 Å². The average Bonchev–Trinajstić information content (AvgIpc) is 2.27. The number of hydrogen-bond donors (Lipinski definition) is 0. The molecular weight excluding hydrogens is 174 g/mol. The van der Waals surface area contributed by atoms with Crippen molar-refractivity contribution in [3.63, 3.8) is 0 Å². The van der Waals surface area contributed by atoms with Gasteiger partial charge in [-0.25, -0.2) is 0 Å². The van der Waals surface area contributed by atoms with E-state index in [1.807, 2.05) is 40.0 Å². The second-order valence-corrected chi connectivity index (χ2v) is 2.82. The standard InChI is InChI=1S/C9H9N3.C2H6/c1-6-5-10-7(2)9-8(6)3-4-11-12-9;1-2/h3-5H,1-2H3;1-2H3. The highest BCUT2D eigenvalue weighted by Gasteiger charge is 2.01. The third kappa shape index (κ3) is 1.87. The Morgan fingerprint density at radius 1 is 1.14 bits per heavy atom. The summed E-state index contributed by atoms with van der Waals surface area (Å²) in [6, 6.07) is 1.96. The third-order valence-corrected chi connectivity index (χ3v) is 1.94. The predicted molar refractivity (Wildman–Crippen MR) is 58.2 cm³/mol. The summed E-state index contributed by atoms with van der Waals surface area (Å²) in [5.74, 6) is 0. The third-order valence-electron chi connectivity index (χ3n) is 1.94. The van der Waals surface area contributed by atoms with Crippen LogP contribution in [0.15, 0.2) is 18.5 Å². The van der Waals surface area contributed by atoms with Crippen LogP contribution < -0.4 is 0 Å². The Morgan fingerprint density at radius 2 is 1.86 bits per heavy atom. The molecule has 0 fully saturated rings. The molecular formula is C11H15N3. The van der Waals surface area contributed by atoms with Crippen LogP contribution in [0.5, 0.6) is 0 Å². The van der Waals surface area contributed by atoms with Crippen LogP contribution in [0.2, 0.25) is 0 Å². The molecule has 14 heavy (non-hydrogen) atoms. The summed E-state index contributed by atoms with van der Waals surface area (Å²) in [6.45, 7) is 7.97. The van der Waals surface area contributed by atoms with Crippen molar-refractivity contribution in [3.8, 4) is 0 Å². The van der Waals surface area contributed by atoms with Crippen LogP contribution >= 0.6 is 0 Å². The summed E-state index contributed by atoms with van der Waals surface area (Å²) in [4.78, 5) is 4.20. The van der Waals surface area contributed by atoms with Gasteiger partial charge in [-0.15, -0.1) is 5.10 Å². The molecule has 2 aromatic heterocycles. The number of nitrogens with zero attached hydrogens (tertiary/aromatic N) is 3. The van der Waals surface area contributed by atoms with Crippen LogP contribution in [0.25, 0.3) is 10.9 Å². The fourth-order valence-electron chi connectivity index (χ4n) is 1.24. The van der Waals surface area contributed by atoms with Crippen molar-refractivity contribution in [1.29, 1.82) is 0 Å². The van der Waals surface area contributed by atoms with Gasteiger partial charge in [0.2, 0.25) is 0 Å². The Bertz CT molecular complexity index is 383. The first-order valence-electron chi connectivity index (χ1n) is 4.82. The Kier molecular flexibility index (Phi) is 3.51. The normalized spacial score (nSPS) is 9.43. The molecule has 0 aliphatic rings. The van der Waals surface area contributed by atoms with Gasteiger partial charge in [-0.2, -0.15) is 5.10 Å². The molecule has 74 valence electrons. The minimum atomic E-state index is 0.900. The topological polar surface area (TPSA) is 38.7 Å². The lowest BCUT2D eigenvalue weighted by Crippen LogP contribution is -1.91. The van der Waals surface area contributed by atoms with Crippen molar-refractivity contribution in [1.82, 2.24) is 15.2 Å². The van der Waals surface area contributed by atoms with Crippen molar-refractivity contribution >= 4 is 10.9 Å². The molecule has 0 atom stereocenters. The SMILES string of the molecule is CC.Cc1cnc(C)c2nnccc12. The van der Waals surface area contributed by atoms with Crippen molar-refractivity contribution in [3.05, 3.63) is 29.7 Å². The summed E-state index contributed by atoms with van der Waals surface area (Å²) in [7, 11) is 0. The summed E-state index contributed by atoms with van der Waals surface area (Å²) < 4.78 is 0. The van der Waals surface area contributed by atoms with Crippen LogP contribution in [0.1, 0.15) is 25.1 Å². The van der Waals surface area contributed by atoms with Gasteiger partial charge in [0, 0.05) is 11.6 Å². The monoisotopic (exact) mass is 189 g/mol. The maximum atomic E-state index is 4.20. The van der Waals surface area contributed by atoms with Gasteiger partial charge in [-0.05, 0) is 25.5 Å². The molecule has 0 radical (unpaired) electrons. The molecule has 2 aromatic rings. The zero-order valence-corrected chi connectivity index (χ0v) is 9.07. The minimum absolute atomic E-state index is 0.900. The summed E-state index contributed by atoms with van der Waals surface area (Å²) in [6.07, 6.45) is 3.56. The fourth-order valence-corrected chi connectivity index (χ4v) is 1.24. The zero-order valence-electron chi connectivity index (χ0n) is 9.07. The largest absolute Gasteiger partial charge is 0.259 e. The van der Waals surface area contributed by atoms with E-state index in [4.69, 9.17) is 0 Å². The van der Waals surface area contributed by atoms with Crippen LogP contribution in [0.4, 0.5) is 0 Å². The molecule has 0 amide bonds. The summed E-state index contributed by atoms with van der Waals surface area (Å²) in [5.41, 5.74) is 2.98. The molecule has 0 saturated carbocycles. The maximum absolute atomic E-state index is 4.20. The number of fused-ring (bicyclic) bond motifs is 1. The number of aromatic nitrogens is 3. The van der Waals surface area contributed by atoms with E-state index in [1.165, 1.54) is 0 Å². The first-order valence-corrected chi connectivity index (χ1v) is 4.82. The average molecular weight is 189 g/mol. The molecule has 0 unspecified atom stereocenters. The van der Waals surface area contributed by atoms with Crippen LogP contribution in [0, 0.1) is 13.8 Å². The number of hydrogen-bond acceptors (Lipinski definition) is 3. The molecule has 0 aromatic carbocycles. The van der Waals surface area contributed by atoms with E-state index in [-0.39, 0.29) is 0 Å². The number of aryl methyl sites for hydroxylation is 2. The molecule has 3 nitrogen and oxygen atoms in total. The van der Waals surface area contributed by atoms with E-state index >= 15 is 0 Å². The van der Waals surface area contributed by atoms with Crippen LogP contribution in [-0.2, 0) is 0 Å². The van der Waals surface area contributed by atoms with Gasteiger partial charge in [0.1, 0.15) is 5.52 Å². The maximum Gasteiger partial charge on any atom is 0.114 e. The van der Waals surface area contributed by atoms with E-state index in [0.717, 1.165) is 22.2 Å². The molecule has 0 saturated heterocycles. The van der Waals surface area contributed by atoms with Gasteiger partial charge in [0.25, 0.3) is 0 Å². The Balaban J connectivity index is 0.000000461. The second kappa shape index (κ2) is 4.65. The molecule has 0 N–H and O–H groups in total. The fraction of sp³-hybridized carbons (Fsp3) is 0.364. The highest BCUT2D eigenvalue weighted by molar-refractivity contribution is 5.82. The zero-order chi connectivity index (χ0) is 10.6. The quantitative estimate of drug-likeness (QED) is 0.639. The lowest BCUT2D eigenvalue weighted by molar-refractivity contribution is 1.05. The first kappa shape index (κ1) is 10.6. The van der Waals surface area contributed by atoms with Crippen molar-refractivity contribution in [2.75, 3.05) is 0 Å². The molecule has 0 aliphatic heterocycles. The second-order valence-electron chi connectivity index (χ2n) is 2.82. The van der Waals surface area contributed by atoms with Crippen molar-refractivity contribution < 1.29 is 0 Å².